The molecular formula is C31H27ClF3N5O5S. The molecule has 240 valence electrons. The van der Waals surface area contributed by atoms with Gasteiger partial charge in [0.1, 0.15) is 41.2 Å². The molecule has 46 heavy (non-hydrogen) atoms. The Morgan fingerprint density at radius 2 is 1.85 bits per heavy atom. The molecule has 3 aliphatic rings. The highest BCUT2D eigenvalue weighted by Crippen LogP contribution is 2.45. The number of nitrogens with zero attached hydrogens (tertiary/aromatic N) is 5. The van der Waals surface area contributed by atoms with Crippen molar-refractivity contribution < 1.29 is 36.9 Å². The van der Waals surface area contributed by atoms with E-state index in [1.54, 1.807) is 11.0 Å². The largest absolute Gasteiger partial charge is 0.375 e. The lowest BCUT2D eigenvalue weighted by molar-refractivity contribution is -0.308. The first-order valence-electron chi connectivity index (χ1n) is 14.5. The van der Waals surface area contributed by atoms with Crippen molar-refractivity contribution in [3.8, 4) is 11.3 Å². The number of carbonyl (C=O) groups excluding carboxylic acids is 1. The molecule has 6 atom stereocenters. The van der Waals surface area contributed by atoms with Crippen molar-refractivity contribution in [2.75, 3.05) is 26.8 Å². The second kappa shape index (κ2) is 12.9. The van der Waals surface area contributed by atoms with Crippen LogP contribution in [0, 0.1) is 17.5 Å². The van der Waals surface area contributed by atoms with Gasteiger partial charge in [-0.2, -0.15) is 0 Å². The third kappa shape index (κ3) is 5.89. The molecule has 5 heterocycles. The minimum Gasteiger partial charge on any atom is -0.375 e. The van der Waals surface area contributed by atoms with Crippen molar-refractivity contribution in [3.05, 3.63) is 94.7 Å². The van der Waals surface area contributed by atoms with Crippen LogP contribution in [-0.2, 0) is 18.9 Å². The number of likely N-dealkylation sites (tertiary alicyclic amines) is 1. The molecule has 0 radical (unpaired) electrons. The summed E-state index contributed by atoms with van der Waals surface area (Å²) in [5.74, 6) is -4.48. The van der Waals surface area contributed by atoms with E-state index in [0.717, 1.165) is 24.1 Å². The summed E-state index contributed by atoms with van der Waals surface area (Å²) in [7, 11) is 1.51. The van der Waals surface area contributed by atoms with Crippen molar-refractivity contribution >= 4 is 29.3 Å². The van der Waals surface area contributed by atoms with Crippen molar-refractivity contribution in [2.24, 2.45) is 0 Å². The zero-order chi connectivity index (χ0) is 31.9. The van der Waals surface area contributed by atoms with Gasteiger partial charge in [-0.05, 0) is 24.6 Å². The average Bonchev–Trinajstić information content (AvgIpc) is 3.52. The van der Waals surface area contributed by atoms with E-state index in [2.05, 4.69) is 15.3 Å². The summed E-state index contributed by atoms with van der Waals surface area (Å²) in [5.41, 5.74) is 0.400. The van der Waals surface area contributed by atoms with Crippen molar-refractivity contribution in [1.29, 1.82) is 0 Å². The number of ether oxygens (including phenoxy) is 4. The molecule has 2 aromatic carbocycles. The second-order valence-electron chi connectivity index (χ2n) is 11.0. The average molecular weight is 674 g/mol. The van der Waals surface area contributed by atoms with E-state index in [1.165, 1.54) is 35.9 Å². The number of rotatable bonds is 7. The molecule has 0 aliphatic carbocycles. The lowest BCUT2D eigenvalue weighted by atomic mass is 9.95. The first-order chi connectivity index (χ1) is 22.3. The number of methoxy groups -OCH3 is 1. The lowest BCUT2D eigenvalue weighted by Crippen LogP contribution is -2.59. The molecule has 3 fully saturated rings. The van der Waals surface area contributed by atoms with Gasteiger partial charge in [0, 0.05) is 42.4 Å². The number of hydrogen-bond donors (Lipinski definition) is 0. The molecule has 0 spiro atoms. The van der Waals surface area contributed by atoms with Gasteiger partial charge < -0.3 is 23.8 Å². The molecular weight excluding hydrogens is 647 g/mol. The van der Waals surface area contributed by atoms with E-state index < -0.39 is 53.5 Å². The fourth-order valence-electron chi connectivity index (χ4n) is 5.72. The van der Waals surface area contributed by atoms with Crippen LogP contribution in [-0.4, -0.2) is 81.3 Å². The minimum absolute atomic E-state index is 0.000333. The summed E-state index contributed by atoms with van der Waals surface area (Å²) in [6.45, 7) is 1.44. The molecule has 0 bridgehead atoms. The molecule has 3 aliphatic heterocycles. The predicted octanol–water partition coefficient (Wildman–Crippen LogP) is 5.44. The first-order valence-corrected chi connectivity index (χ1v) is 15.7. The third-order valence-corrected chi connectivity index (χ3v) is 9.54. The van der Waals surface area contributed by atoms with Crippen LogP contribution in [0.15, 0.2) is 65.8 Å². The van der Waals surface area contributed by atoms with E-state index in [9.17, 15) is 18.0 Å². The molecule has 15 heteroatoms. The fourth-order valence-corrected chi connectivity index (χ4v) is 7.24. The number of benzene rings is 2. The summed E-state index contributed by atoms with van der Waals surface area (Å²) >= 11 is 7.55. The number of amides is 1. The molecule has 0 saturated carbocycles. The maximum Gasteiger partial charge on any atom is 0.273 e. The Balaban J connectivity index is 1.25. The van der Waals surface area contributed by atoms with Crippen LogP contribution in [0.4, 0.5) is 13.2 Å². The summed E-state index contributed by atoms with van der Waals surface area (Å²) in [6, 6.07) is 12.0. The highest BCUT2D eigenvalue weighted by molar-refractivity contribution is 8.00. The van der Waals surface area contributed by atoms with Crippen LogP contribution in [0.1, 0.15) is 34.8 Å². The normalized spacial score (nSPS) is 26.0. The number of aromatic nitrogens is 4. The Bertz CT molecular complexity index is 1730. The monoisotopic (exact) mass is 673 g/mol. The van der Waals surface area contributed by atoms with Gasteiger partial charge in [-0.3, -0.25) is 4.79 Å². The number of thioether (sulfide) groups is 1. The zero-order valence-corrected chi connectivity index (χ0v) is 25.8. The van der Waals surface area contributed by atoms with Gasteiger partial charge in [-0.25, -0.2) is 22.8 Å². The van der Waals surface area contributed by atoms with Gasteiger partial charge in [0.25, 0.3) is 5.91 Å². The van der Waals surface area contributed by atoms with E-state index in [4.69, 9.17) is 30.5 Å². The van der Waals surface area contributed by atoms with Gasteiger partial charge in [0.15, 0.2) is 23.7 Å². The highest BCUT2D eigenvalue weighted by atomic mass is 35.5. The van der Waals surface area contributed by atoms with E-state index >= 15 is 0 Å². The van der Waals surface area contributed by atoms with Crippen molar-refractivity contribution in [2.45, 2.75) is 47.4 Å². The number of carbonyl (C=O) groups is 1. The Labute approximate surface area is 270 Å². The number of fused-ring (bicyclic) bond motifs is 1. The van der Waals surface area contributed by atoms with Crippen LogP contribution in [0.3, 0.4) is 0 Å². The van der Waals surface area contributed by atoms with Crippen LogP contribution >= 0.6 is 23.4 Å². The maximum atomic E-state index is 14.1. The van der Waals surface area contributed by atoms with Gasteiger partial charge in [-0.15, -0.1) is 5.10 Å². The fraction of sp³-hybridized carbons (Fsp3) is 0.355. The topological polar surface area (TPSA) is 101 Å². The summed E-state index contributed by atoms with van der Waals surface area (Å²) in [4.78, 5) is 19.8. The van der Waals surface area contributed by atoms with Crippen LogP contribution in [0.2, 0.25) is 5.02 Å². The zero-order valence-electron chi connectivity index (χ0n) is 24.3. The van der Waals surface area contributed by atoms with Crippen molar-refractivity contribution in [1.82, 2.24) is 24.9 Å². The second-order valence-corrected chi connectivity index (χ2v) is 12.6. The molecule has 4 aromatic rings. The van der Waals surface area contributed by atoms with Gasteiger partial charge in [0.05, 0.1) is 17.8 Å². The predicted molar refractivity (Wildman–Crippen MR) is 159 cm³/mol. The molecule has 10 nitrogen and oxygen atoms in total. The van der Waals surface area contributed by atoms with Crippen LogP contribution < -0.4 is 0 Å². The highest BCUT2D eigenvalue weighted by Gasteiger charge is 2.52. The standard InChI is InChI=1S/C31H27ClF3N5O5S/c1-42-28-26(40-14-21(37-38-40)17-10-19(33)24(35)20(34)11-17)27-22(15-43-30(45-27)16-6-3-2-4-7-16)44-31(28)46-23-12-18(32)13-36-25(23)29(41)39-8-5-9-39/h2-4,6-7,10-14,22,26-28,30-31H,5,8-9,15H2,1H3. The quantitative estimate of drug-likeness (QED) is 0.237. The first kappa shape index (κ1) is 31.1. The number of hydrogen-bond acceptors (Lipinski definition) is 9. The third-order valence-electron chi connectivity index (χ3n) is 8.16. The summed E-state index contributed by atoms with van der Waals surface area (Å²) in [5, 5.41) is 8.78. The van der Waals surface area contributed by atoms with Crippen LogP contribution in [0.5, 0.6) is 0 Å². The Morgan fingerprint density at radius 1 is 1.09 bits per heavy atom. The number of halogens is 4. The molecule has 0 N–H and O–H groups in total. The molecule has 1 amide bonds. The molecule has 2 aromatic heterocycles. The Morgan fingerprint density at radius 3 is 2.54 bits per heavy atom. The van der Waals surface area contributed by atoms with Gasteiger partial charge in [0.2, 0.25) is 0 Å². The summed E-state index contributed by atoms with van der Waals surface area (Å²) in [6.07, 6.45) is 1.05. The van der Waals surface area contributed by atoms with Gasteiger partial charge >= 0.3 is 0 Å². The maximum absolute atomic E-state index is 14.1. The van der Waals surface area contributed by atoms with Gasteiger partial charge in [-0.1, -0.05) is 58.9 Å². The smallest absolute Gasteiger partial charge is 0.273 e. The minimum atomic E-state index is -1.58. The number of pyridine rings is 1. The van der Waals surface area contributed by atoms with E-state index in [-0.39, 0.29) is 29.5 Å². The van der Waals surface area contributed by atoms with Crippen molar-refractivity contribution in [3.63, 3.8) is 0 Å². The Kier molecular flexibility index (Phi) is 8.74. The molecule has 7 rings (SSSR count). The summed E-state index contributed by atoms with van der Waals surface area (Å²) < 4.78 is 68.5. The SMILES string of the molecule is COC1C(Sc2cc(Cl)cnc2C(=O)N2CCC2)OC2COC(c3ccccc3)OC2C1n1cc(-c2cc(F)c(F)c(F)c2)nn1. The molecule has 3 saturated heterocycles. The van der Waals surface area contributed by atoms with E-state index in [1.807, 2.05) is 30.3 Å². The van der Waals surface area contributed by atoms with Crippen LogP contribution in [0.25, 0.3) is 11.3 Å². The van der Waals surface area contributed by atoms with E-state index in [0.29, 0.717) is 23.0 Å². The Hall–Kier alpha value is -3.53. The lowest BCUT2D eigenvalue weighted by Gasteiger charge is -2.48. The molecule has 6 unspecified atom stereocenters.